The van der Waals surface area contributed by atoms with Gasteiger partial charge in [-0.2, -0.15) is 5.10 Å². The molecule has 7 heteroatoms. The lowest BCUT2D eigenvalue weighted by Crippen LogP contribution is -2.25. The van der Waals surface area contributed by atoms with E-state index in [1.165, 1.54) is 5.39 Å². The minimum Gasteiger partial charge on any atom is -0.265 e. The molecule has 0 spiro atoms. The van der Waals surface area contributed by atoms with Gasteiger partial charge >= 0.3 is 0 Å². The number of aryl methyl sites for hydroxylation is 1. The minimum absolute atomic E-state index is 0.0417. The first-order valence-corrected chi connectivity index (χ1v) is 11.0. The summed E-state index contributed by atoms with van der Waals surface area (Å²) in [5.41, 5.74) is 4.28. The summed E-state index contributed by atoms with van der Waals surface area (Å²) < 4.78 is 25.6. The number of nitrogens with one attached hydrogen (secondary N) is 1. The molecule has 1 aromatic carbocycles. The van der Waals surface area contributed by atoms with Crippen LogP contribution in [0.5, 0.6) is 0 Å². The Kier molecular flexibility index (Phi) is 4.42. The van der Waals surface area contributed by atoms with Crippen LogP contribution < -0.4 is 9.88 Å². The summed E-state index contributed by atoms with van der Waals surface area (Å²) in [5, 5.41) is 5.85. The molecule has 1 atom stereocenters. The predicted octanol–water partition coefficient (Wildman–Crippen LogP) is 2.46. The molecule has 0 radical (unpaired) electrons. The highest BCUT2D eigenvalue weighted by Gasteiger charge is 2.32. The van der Waals surface area contributed by atoms with Crippen LogP contribution in [0, 0.1) is 13.8 Å². The molecule has 1 saturated heterocycles. The van der Waals surface area contributed by atoms with E-state index >= 15 is 0 Å². The predicted molar refractivity (Wildman–Crippen MR) is 107 cm³/mol. The molecule has 27 heavy (non-hydrogen) atoms. The lowest BCUT2D eigenvalue weighted by molar-refractivity contribution is -0.330. The van der Waals surface area contributed by atoms with Crippen molar-refractivity contribution >= 4 is 26.6 Å². The number of fused-ring (bicyclic) bond motifs is 1. The Bertz CT molecular complexity index is 1100. The van der Waals surface area contributed by atoms with E-state index in [2.05, 4.69) is 46.3 Å². The van der Waals surface area contributed by atoms with Crippen molar-refractivity contribution in [1.82, 2.24) is 9.78 Å². The van der Waals surface area contributed by atoms with E-state index < -0.39 is 9.84 Å². The topological polar surface area (TPSA) is 69.3 Å². The summed E-state index contributed by atoms with van der Waals surface area (Å²) >= 11 is 0. The number of pyridine rings is 1. The van der Waals surface area contributed by atoms with Crippen molar-refractivity contribution in [2.24, 2.45) is 0 Å². The first-order chi connectivity index (χ1) is 12.8. The van der Waals surface area contributed by atoms with Crippen molar-refractivity contribution in [3.8, 4) is 0 Å². The number of anilines is 1. The molecular weight excluding hydrogens is 360 g/mol. The van der Waals surface area contributed by atoms with Crippen molar-refractivity contribution < 1.29 is 13.4 Å². The molecule has 1 N–H and O–H groups in total. The first-order valence-electron chi connectivity index (χ1n) is 9.21. The van der Waals surface area contributed by atoms with E-state index in [-0.39, 0.29) is 17.5 Å². The van der Waals surface area contributed by atoms with Crippen LogP contribution in [0.4, 0.5) is 5.82 Å². The van der Waals surface area contributed by atoms with Crippen LogP contribution in [0.3, 0.4) is 0 Å². The number of aromatic amines is 1. The number of H-pyrrole nitrogens is 1. The lowest BCUT2D eigenvalue weighted by atomic mass is 10.1. The zero-order valence-corrected chi connectivity index (χ0v) is 16.8. The van der Waals surface area contributed by atoms with Crippen LogP contribution in [0.2, 0.25) is 0 Å². The van der Waals surface area contributed by atoms with Crippen LogP contribution in [0.25, 0.3) is 10.9 Å². The number of rotatable bonds is 4. The fraction of sp³-hybridized carbons (Fsp3) is 0.400. The molecule has 0 bridgehead atoms. The number of sulfone groups is 1. The molecule has 0 amide bonds. The quantitative estimate of drug-likeness (QED) is 0.692. The van der Waals surface area contributed by atoms with Crippen LogP contribution in [0.1, 0.15) is 29.4 Å². The smallest absolute Gasteiger partial charge is 0.265 e. The third kappa shape index (κ3) is 3.43. The van der Waals surface area contributed by atoms with Gasteiger partial charge in [-0.05, 0) is 32.4 Å². The Morgan fingerprint density at radius 2 is 2.00 bits per heavy atom. The number of hydrogen-bond acceptors (Lipinski definition) is 4. The molecule has 0 aliphatic carbocycles. The van der Waals surface area contributed by atoms with E-state index in [0.29, 0.717) is 13.0 Å². The van der Waals surface area contributed by atoms with Crippen LogP contribution in [-0.4, -0.2) is 36.8 Å². The Morgan fingerprint density at radius 1 is 1.22 bits per heavy atom. The molecule has 1 fully saturated rings. The van der Waals surface area contributed by atoms with E-state index in [0.717, 1.165) is 28.3 Å². The average Bonchev–Trinajstić information content (AvgIpc) is 3.14. The van der Waals surface area contributed by atoms with E-state index in [1.54, 1.807) is 0 Å². The third-order valence-corrected chi connectivity index (χ3v) is 7.23. The molecule has 0 unspecified atom stereocenters. The number of nitrogens with zero attached hydrogens (tertiary/aromatic N) is 3. The monoisotopic (exact) mass is 385 g/mol. The summed E-state index contributed by atoms with van der Waals surface area (Å²) in [6.45, 7) is 4.75. The molecule has 3 heterocycles. The van der Waals surface area contributed by atoms with Gasteiger partial charge in [0.2, 0.25) is 0 Å². The molecule has 2 aromatic heterocycles. The van der Waals surface area contributed by atoms with Gasteiger partial charge < -0.3 is 0 Å². The fourth-order valence-electron chi connectivity index (χ4n) is 3.90. The van der Waals surface area contributed by atoms with Gasteiger partial charge in [0.15, 0.2) is 9.84 Å². The van der Waals surface area contributed by atoms with E-state index in [9.17, 15) is 8.42 Å². The number of para-hydroxylation sites is 1. The summed E-state index contributed by atoms with van der Waals surface area (Å²) in [4.78, 5) is 5.64. The molecule has 4 rings (SSSR count). The maximum absolute atomic E-state index is 11.8. The second-order valence-corrected chi connectivity index (χ2v) is 9.67. The van der Waals surface area contributed by atoms with Gasteiger partial charge in [0, 0.05) is 22.7 Å². The minimum atomic E-state index is -2.93. The summed E-state index contributed by atoms with van der Waals surface area (Å²) in [6.07, 6.45) is 0.651. The number of benzene rings is 1. The van der Waals surface area contributed by atoms with Gasteiger partial charge in [-0.15, -0.1) is 0 Å². The van der Waals surface area contributed by atoms with Gasteiger partial charge in [0.1, 0.15) is 12.1 Å². The second-order valence-electron chi connectivity index (χ2n) is 7.44. The average molecular weight is 386 g/mol. The highest BCUT2D eigenvalue weighted by molar-refractivity contribution is 7.91. The van der Waals surface area contributed by atoms with Crippen LogP contribution in [0.15, 0.2) is 36.4 Å². The number of hydrogen-bond donors (Lipinski definition) is 0. The Hall–Kier alpha value is -2.41. The van der Waals surface area contributed by atoms with Gasteiger partial charge in [-0.3, -0.25) is 9.58 Å². The highest BCUT2D eigenvalue weighted by atomic mass is 32.2. The normalized spacial score (nSPS) is 18.9. The molecule has 1 aliphatic heterocycles. The largest absolute Gasteiger partial charge is 0.274 e. The fourth-order valence-corrected chi connectivity index (χ4v) is 5.59. The van der Waals surface area contributed by atoms with Crippen LogP contribution in [-0.2, 0) is 16.4 Å². The van der Waals surface area contributed by atoms with Crippen molar-refractivity contribution in [3.63, 3.8) is 0 Å². The summed E-state index contributed by atoms with van der Waals surface area (Å²) in [6, 6.07) is 12.4. The first kappa shape index (κ1) is 18.0. The molecule has 1 aliphatic rings. The molecular formula is C20H25N4O2S+. The number of aromatic nitrogens is 3. The Balaban J connectivity index is 1.60. The molecule has 3 aromatic rings. The SMILES string of the molecule is Cc1nn([C@H]2CCS(=O)(=O)C2)c(C)c1CN(C)c1ccc2ccccc2[nH+]1. The zero-order chi connectivity index (χ0) is 19.2. The Labute approximate surface area is 159 Å². The third-order valence-electron chi connectivity index (χ3n) is 5.48. The maximum Gasteiger partial charge on any atom is 0.274 e. The van der Waals surface area contributed by atoms with Gasteiger partial charge in [0.25, 0.3) is 5.82 Å². The van der Waals surface area contributed by atoms with Gasteiger partial charge in [-0.1, -0.05) is 18.2 Å². The van der Waals surface area contributed by atoms with Crippen molar-refractivity contribution in [1.29, 1.82) is 0 Å². The lowest BCUT2D eigenvalue weighted by Gasteiger charge is -2.14. The zero-order valence-electron chi connectivity index (χ0n) is 15.9. The van der Waals surface area contributed by atoms with Crippen molar-refractivity contribution in [3.05, 3.63) is 53.3 Å². The van der Waals surface area contributed by atoms with E-state index in [1.807, 2.05) is 30.7 Å². The van der Waals surface area contributed by atoms with Gasteiger partial charge in [0.05, 0.1) is 30.3 Å². The maximum atomic E-state index is 11.8. The van der Waals surface area contributed by atoms with Crippen LogP contribution >= 0.6 is 0 Å². The van der Waals surface area contributed by atoms with Crippen molar-refractivity contribution in [2.75, 3.05) is 23.5 Å². The molecule has 0 saturated carbocycles. The van der Waals surface area contributed by atoms with E-state index in [4.69, 9.17) is 0 Å². The molecule has 6 nitrogen and oxygen atoms in total. The molecule has 142 valence electrons. The summed E-state index contributed by atoms with van der Waals surface area (Å²) in [7, 11) is -0.875. The second kappa shape index (κ2) is 6.64. The van der Waals surface area contributed by atoms with Gasteiger partial charge in [-0.25, -0.2) is 13.4 Å². The van der Waals surface area contributed by atoms with Crippen molar-refractivity contribution in [2.45, 2.75) is 32.9 Å². The Morgan fingerprint density at radius 3 is 2.74 bits per heavy atom. The highest BCUT2D eigenvalue weighted by Crippen LogP contribution is 2.27. The standard InChI is InChI=1S/C20H24N4O2S/c1-14-18(15(2)24(22-14)17-10-11-27(25,26)13-17)12-23(3)20-9-8-16-6-4-5-7-19(16)21-20/h4-9,17H,10-13H2,1-3H3/p+1/t17-/m0/s1. The summed E-state index contributed by atoms with van der Waals surface area (Å²) in [5.74, 6) is 1.49.